The van der Waals surface area contributed by atoms with Gasteiger partial charge in [0.25, 0.3) is 10.1 Å². The van der Waals surface area contributed by atoms with Gasteiger partial charge < -0.3 is 18.9 Å². The summed E-state index contributed by atoms with van der Waals surface area (Å²) in [6.45, 7) is 3.42. The highest BCUT2D eigenvalue weighted by molar-refractivity contribution is 7.86. The Bertz CT molecular complexity index is 1370. The van der Waals surface area contributed by atoms with E-state index in [-0.39, 0.29) is 19.0 Å². The van der Waals surface area contributed by atoms with E-state index in [9.17, 15) is 8.42 Å². The maximum atomic E-state index is 13.3. The van der Waals surface area contributed by atoms with Crippen LogP contribution in [0.1, 0.15) is 114 Å². The zero-order valence-corrected chi connectivity index (χ0v) is 31.0. The van der Waals surface area contributed by atoms with Crippen molar-refractivity contribution in [1.82, 2.24) is 0 Å². The van der Waals surface area contributed by atoms with Crippen LogP contribution in [0, 0.1) is 0 Å². The minimum Gasteiger partial charge on any atom is -0.374 e. The van der Waals surface area contributed by atoms with Gasteiger partial charge in [0, 0.05) is 0 Å². The summed E-state index contributed by atoms with van der Waals surface area (Å²) in [5.41, 5.74) is 2.99. The lowest BCUT2D eigenvalue weighted by molar-refractivity contribution is -0.136. The molecule has 3 aromatic carbocycles. The Hall–Kier alpha value is -2.59. The SMILES string of the molecule is CCCCCCCCCCCCCCCCS(=O)(=O)O[C@@H]1O[C@H](COCc2ccccc2)[C@@H](OCc2ccccc2)[C@@H]1OCc1ccccc1. The molecule has 1 saturated heterocycles. The summed E-state index contributed by atoms with van der Waals surface area (Å²) in [7, 11) is -3.88. The third-order valence-corrected chi connectivity index (χ3v) is 10.5. The summed E-state index contributed by atoms with van der Waals surface area (Å²) in [4.78, 5) is 0. The first kappa shape index (κ1) is 40.2. The second-order valence-electron chi connectivity index (χ2n) is 13.5. The molecule has 0 aromatic heterocycles. The van der Waals surface area contributed by atoms with Crippen LogP contribution < -0.4 is 0 Å². The van der Waals surface area contributed by atoms with E-state index < -0.39 is 34.7 Å². The largest absolute Gasteiger partial charge is 0.374 e. The lowest BCUT2D eigenvalue weighted by Crippen LogP contribution is -2.40. The molecular weight excluding hydrogens is 649 g/mol. The predicted octanol–water partition coefficient (Wildman–Crippen LogP) is 9.93. The molecule has 0 radical (unpaired) electrons. The van der Waals surface area contributed by atoms with Crippen LogP contribution in [0.4, 0.5) is 0 Å². The van der Waals surface area contributed by atoms with Crippen LogP contribution in [0.3, 0.4) is 0 Å². The topological polar surface area (TPSA) is 80.3 Å². The van der Waals surface area contributed by atoms with E-state index in [0.717, 1.165) is 36.0 Å². The summed E-state index contributed by atoms with van der Waals surface area (Å²) >= 11 is 0. The normalized spacial score (nSPS) is 19.2. The Labute approximate surface area is 302 Å². The molecule has 0 bridgehead atoms. The van der Waals surface area contributed by atoms with Crippen LogP contribution in [-0.4, -0.2) is 45.4 Å². The van der Waals surface area contributed by atoms with Gasteiger partial charge in [-0.1, -0.05) is 181 Å². The molecule has 0 unspecified atom stereocenters. The van der Waals surface area contributed by atoms with E-state index in [0.29, 0.717) is 19.6 Å². The molecule has 1 fully saturated rings. The number of rotatable bonds is 27. The van der Waals surface area contributed by atoms with Gasteiger partial charge >= 0.3 is 0 Å². The minimum absolute atomic E-state index is 0.0546. The first-order chi connectivity index (χ1) is 24.5. The Balaban J connectivity index is 1.28. The van der Waals surface area contributed by atoms with Crippen LogP contribution in [0.5, 0.6) is 0 Å². The molecule has 0 amide bonds. The summed E-state index contributed by atoms with van der Waals surface area (Å²) < 4.78 is 57.5. The lowest BCUT2D eigenvalue weighted by atomic mass is 10.0. The highest BCUT2D eigenvalue weighted by Gasteiger charge is 2.49. The van der Waals surface area contributed by atoms with Gasteiger partial charge in [-0.15, -0.1) is 0 Å². The molecule has 1 aliphatic rings. The van der Waals surface area contributed by atoms with Crippen molar-refractivity contribution < 1.29 is 31.5 Å². The lowest BCUT2D eigenvalue weighted by Gasteiger charge is -2.25. The van der Waals surface area contributed by atoms with Gasteiger partial charge in [-0.2, -0.15) is 8.42 Å². The van der Waals surface area contributed by atoms with Gasteiger partial charge in [-0.05, 0) is 23.1 Å². The summed E-state index contributed by atoms with van der Waals surface area (Å²) in [6.07, 6.45) is 13.7. The van der Waals surface area contributed by atoms with Crippen LogP contribution in [0.15, 0.2) is 91.0 Å². The molecule has 8 heteroatoms. The summed E-state index contributed by atoms with van der Waals surface area (Å²) in [5.74, 6) is -0.0546. The van der Waals surface area contributed by atoms with Crippen molar-refractivity contribution in [2.24, 2.45) is 0 Å². The molecule has 4 rings (SSSR count). The van der Waals surface area contributed by atoms with Crippen molar-refractivity contribution in [3.63, 3.8) is 0 Å². The van der Waals surface area contributed by atoms with Gasteiger partial charge in [-0.3, -0.25) is 0 Å². The molecule has 276 valence electrons. The Morgan fingerprint density at radius 1 is 0.540 bits per heavy atom. The zero-order valence-electron chi connectivity index (χ0n) is 30.2. The molecule has 0 N–H and O–H groups in total. The minimum atomic E-state index is -3.88. The molecule has 0 spiro atoms. The fourth-order valence-electron chi connectivity index (χ4n) is 6.35. The quantitative estimate of drug-likeness (QED) is 0.0576. The number of unbranched alkanes of at least 4 members (excludes halogenated alkanes) is 13. The van der Waals surface area contributed by atoms with Crippen molar-refractivity contribution in [2.45, 2.75) is 141 Å². The first-order valence-electron chi connectivity index (χ1n) is 19.0. The zero-order chi connectivity index (χ0) is 35.1. The molecule has 3 aromatic rings. The summed E-state index contributed by atoms with van der Waals surface area (Å²) in [5, 5.41) is 0. The van der Waals surface area contributed by atoms with Gasteiger partial charge in [0.1, 0.15) is 18.3 Å². The monoisotopic (exact) mass is 708 g/mol. The van der Waals surface area contributed by atoms with Gasteiger partial charge in [0.2, 0.25) is 6.29 Å². The molecule has 0 aliphatic carbocycles. The van der Waals surface area contributed by atoms with E-state index in [1.165, 1.54) is 64.2 Å². The molecule has 7 nitrogen and oxygen atoms in total. The molecule has 4 atom stereocenters. The third-order valence-electron chi connectivity index (χ3n) is 9.22. The maximum Gasteiger partial charge on any atom is 0.269 e. The van der Waals surface area contributed by atoms with Crippen LogP contribution in [0.2, 0.25) is 0 Å². The second kappa shape index (κ2) is 23.8. The highest BCUT2D eigenvalue weighted by atomic mass is 32.2. The van der Waals surface area contributed by atoms with E-state index in [1.807, 2.05) is 91.0 Å². The Kier molecular flexibility index (Phi) is 19.1. The molecule has 50 heavy (non-hydrogen) atoms. The van der Waals surface area contributed by atoms with Crippen molar-refractivity contribution in [3.8, 4) is 0 Å². The fourth-order valence-corrected chi connectivity index (χ4v) is 7.45. The number of benzene rings is 3. The molecule has 1 heterocycles. The summed E-state index contributed by atoms with van der Waals surface area (Å²) in [6, 6.07) is 29.6. The van der Waals surface area contributed by atoms with Crippen molar-refractivity contribution in [3.05, 3.63) is 108 Å². The van der Waals surface area contributed by atoms with Crippen LogP contribution in [-0.2, 0) is 53.1 Å². The second-order valence-corrected chi connectivity index (χ2v) is 15.2. The maximum absolute atomic E-state index is 13.3. The average molecular weight is 709 g/mol. The Morgan fingerprint density at radius 3 is 1.44 bits per heavy atom. The van der Waals surface area contributed by atoms with Crippen molar-refractivity contribution in [2.75, 3.05) is 12.4 Å². The van der Waals surface area contributed by atoms with E-state index >= 15 is 0 Å². The fraction of sp³-hybridized carbons (Fsp3) is 0.571. The first-order valence-corrected chi connectivity index (χ1v) is 20.6. The van der Waals surface area contributed by atoms with Gasteiger partial charge in [0.15, 0.2) is 0 Å². The van der Waals surface area contributed by atoms with Gasteiger partial charge in [0.05, 0.1) is 32.2 Å². The highest BCUT2D eigenvalue weighted by Crippen LogP contribution is 2.31. The number of ether oxygens (including phenoxy) is 4. The molecule has 0 saturated carbocycles. The third kappa shape index (κ3) is 15.7. The van der Waals surface area contributed by atoms with Crippen LogP contribution >= 0.6 is 0 Å². The number of hydrogen-bond acceptors (Lipinski definition) is 7. The van der Waals surface area contributed by atoms with Crippen LogP contribution in [0.25, 0.3) is 0 Å². The van der Waals surface area contributed by atoms with Crippen molar-refractivity contribution >= 4 is 10.1 Å². The number of hydrogen-bond donors (Lipinski definition) is 0. The van der Waals surface area contributed by atoms with E-state index in [2.05, 4.69) is 6.92 Å². The standard InChI is InChI=1S/C42H60O7S/c1-2-3-4-5-6-7-8-9-10-11-12-13-14-24-31-50(43,44)49-42-41(47-34-38-29-22-17-23-30-38)40(46-33-37-27-20-16-21-28-37)39(48-42)35-45-32-36-25-18-15-19-26-36/h15-23,25-30,39-42H,2-14,24,31-35H2,1H3/t39-,40-,41+,42+/m1/s1. The molecule has 1 aliphatic heterocycles. The molecular formula is C42H60O7S. The average Bonchev–Trinajstić information content (AvgIpc) is 3.45. The van der Waals surface area contributed by atoms with Gasteiger partial charge in [-0.25, -0.2) is 4.18 Å². The Morgan fingerprint density at radius 2 is 0.960 bits per heavy atom. The van der Waals surface area contributed by atoms with E-state index in [1.54, 1.807) is 0 Å². The van der Waals surface area contributed by atoms with Crippen molar-refractivity contribution in [1.29, 1.82) is 0 Å². The smallest absolute Gasteiger partial charge is 0.269 e. The van der Waals surface area contributed by atoms with E-state index in [4.69, 9.17) is 23.1 Å². The predicted molar refractivity (Wildman–Crippen MR) is 200 cm³/mol.